The smallest absolute Gasteiger partial charge is 0.293 e. The molecule has 19 heavy (non-hydrogen) atoms. The molecule has 0 aliphatic carbocycles. The molecule has 0 bridgehead atoms. The van der Waals surface area contributed by atoms with Gasteiger partial charge in [0.1, 0.15) is 6.04 Å². The molecule has 7 heteroatoms. The summed E-state index contributed by atoms with van der Waals surface area (Å²) in [5.41, 5.74) is -0.246. The van der Waals surface area contributed by atoms with Gasteiger partial charge in [-0.25, -0.2) is 4.98 Å². The Morgan fingerprint density at radius 2 is 2.16 bits per heavy atom. The number of amides is 1. The molecule has 1 amide bonds. The van der Waals surface area contributed by atoms with Gasteiger partial charge in [0.25, 0.3) is 5.56 Å². The molecular weight excluding hydrogens is 248 g/mol. The molecule has 0 saturated carbocycles. The summed E-state index contributed by atoms with van der Waals surface area (Å²) >= 11 is 0. The van der Waals surface area contributed by atoms with Crippen LogP contribution in [0.5, 0.6) is 0 Å². The van der Waals surface area contributed by atoms with Gasteiger partial charge in [0.15, 0.2) is 5.82 Å². The summed E-state index contributed by atoms with van der Waals surface area (Å²) in [6.07, 6.45) is 3.09. The molecule has 1 N–H and O–H groups in total. The standard InChI is InChI=1S/C12H18N4O3/c1-9(11(17)16-5-7-19-8-6-16)14-10-12(18)15(2)4-3-13-10/h3-4,9H,5-8H2,1-2H3,(H,13,14). The highest BCUT2D eigenvalue weighted by Crippen LogP contribution is 2.04. The van der Waals surface area contributed by atoms with Crippen molar-refractivity contribution in [1.82, 2.24) is 14.5 Å². The number of carbonyl (C=O) groups excluding carboxylic acids is 1. The van der Waals surface area contributed by atoms with Gasteiger partial charge in [-0.15, -0.1) is 0 Å². The van der Waals surface area contributed by atoms with E-state index >= 15 is 0 Å². The zero-order valence-corrected chi connectivity index (χ0v) is 11.1. The van der Waals surface area contributed by atoms with Gasteiger partial charge >= 0.3 is 0 Å². The van der Waals surface area contributed by atoms with Crippen molar-refractivity contribution < 1.29 is 9.53 Å². The highest BCUT2D eigenvalue weighted by Gasteiger charge is 2.23. The number of aromatic nitrogens is 2. The maximum atomic E-state index is 12.2. The van der Waals surface area contributed by atoms with Gasteiger partial charge in [0.05, 0.1) is 13.2 Å². The molecule has 1 aromatic rings. The summed E-state index contributed by atoms with van der Waals surface area (Å²) in [4.78, 5) is 29.7. The molecule has 1 aromatic heterocycles. The minimum absolute atomic E-state index is 0.0454. The summed E-state index contributed by atoms with van der Waals surface area (Å²) < 4.78 is 6.62. The first-order valence-electron chi connectivity index (χ1n) is 6.24. The van der Waals surface area contributed by atoms with E-state index in [1.807, 2.05) is 0 Å². The molecule has 1 unspecified atom stereocenters. The Morgan fingerprint density at radius 1 is 1.47 bits per heavy atom. The Kier molecular flexibility index (Phi) is 4.16. The lowest BCUT2D eigenvalue weighted by molar-refractivity contribution is -0.135. The van der Waals surface area contributed by atoms with Gasteiger partial charge in [-0.1, -0.05) is 0 Å². The first kappa shape index (κ1) is 13.5. The SMILES string of the molecule is CC(Nc1nccn(C)c1=O)C(=O)N1CCOCC1. The van der Waals surface area contributed by atoms with E-state index in [0.29, 0.717) is 26.3 Å². The normalized spacial score (nSPS) is 17.1. The van der Waals surface area contributed by atoms with E-state index in [-0.39, 0.29) is 17.3 Å². The molecule has 0 radical (unpaired) electrons. The van der Waals surface area contributed by atoms with Crippen molar-refractivity contribution in [2.24, 2.45) is 7.05 Å². The summed E-state index contributed by atoms with van der Waals surface area (Å²) in [6, 6.07) is -0.485. The summed E-state index contributed by atoms with van der Waals surface area (Å²) in [5, 5.41) is 2.87. The van der Waals surface area contributed by atoms with Crippen molar-refractivity contribution in [2.75, 3.05) is 31.6 Å². The molecule has 2 rings (SSSR count). The van der Waals surface area contributed by atoms with Gasteiger partial charge in [-0.2, -0.15) is 0 Å². The van der Waals surface area contributed by atoms with Crippen molar-refractivity contribution in [3.63, 3.8) is 0 Å². The average molecular weight is 266 g/mol. The molecule has 104 valence electrons. The molecule has 7 nitrogen and oxygen atoms in total. The van der Waals surface area contributed by atoms with Crippen LogP contribution < -0.4 is 10.9 Å². The number of ether oxygens (including phenoxy) is 1. The van der Waals surface area contributed by atoms with Crippen molar-refractivity contribution in [2.45, 2.75) is 13.0 Å². The van der Waals surface area contributed by atoms with Gasteiger partial charge in [0.2, 0.25) is 5.91 Å². The van der Waals surface area contributed by atoms with Crippen molar-refractivity contribution >= 4 is 11.7 Å². The van der Waals surface area contributed by atoms with Crippen LogP contribution in [0.1, 0.15) is 6.92 Å². The van der Waals surface area contributed by atoms with Crippen molar-refractivity contribution in [3.8, 4) is 0 Å². The lowest BCUT2D eigenvalue weighted by atomic mass is 10.2. The molecular formula is C12H18N4O3. The van der Waals surface area contributed by atoms with Crippen LogP contribution in [-0.2, 0) is 16.6 Å². The number of aryl methyl sites for hydroxylation is 1. The molecule has 2 heterocycles. The third-order valence-corrected chi connectivity index (χ3v) is 3.06. The Labute approximate surface area is 111 Å². The van der Waals surface area contributed by atoms with Crippen LogP contribution in [-0.4, -0.2) is 52.7 Å². The largest absolute Gasteiger partial charge is 0.378 e. The van der Waals surface area contributed by atoms with Crippen LogP contribution in [0.25, 0.3) is 0 Å². The molecule has 0 aromatic carbocycles. The predicted molar refractivity (Wildman–Crippen MR) is 70.0 cm³/mol. The van der Waals surface area contributed by atoms with E-state index in [0.717, 1.165) is 0 Å². The number of anilines is 1. The average Bonchev–Trinajstić information content (AvgIpc) is 2.44. The zero-order chi connectivity index (χ0) is 13.8. The molecule has 1 fully saturated rings. The second kappa shape index (κ2) is 5.83. The number of hydrogen-bond acceptors (Lipinski definition) is 5. The van der Waals surface area contributed by atoms with Gasteiger partial charge in [-0.05, 0) is 6.92 Å². The van der Waals surface area contributed by atoms with Gasteiger partial charge in [0, 0.05) is 32.5 Å². The third kappa shape index (κ3) is 3.11. The van der Waals surface area contributed by atoms with Crippen LogP contribution >= 0.6 is 0 Å². The predicted octanol–water partition coefficient (Wildman–Crippen LogP) is -0.560. The van der Waals surface area contributed by atoms with Crippen LogP contribution in [0.4, 0.5) is 5.82 Å². The Morgan fingerprint density at radius 3 is 2.84 bits per heavy atom. The minimum Gasteiger partial charge on any atom is -0.378 e. The number of nitrogens with one attached hydrogen (secondary N) is 1. The molecule has 1 atom stereocenters. The number of hydrogen-bond donors (Lipinski definition) is 1. The molecule has 1 aliphatic rings. The van der Waals surface area contributed by atoms with Crippen molar-refractivity contribution in [3.05, 3.63) is 22.7 Å². The third-order valence-electron chi connectivity index (χ3n) is 3.06. The van der Waals surface area contributed by atoms with E-state index in [1.165, 1.54) is 10.8 Å². The van der Waals surface area contributed by atoms with Crippen LogP contribution in [0.15, 0.2) is 17.2 Å². The van der Waals surface area contributed by atoms with Gasteiger partial charge in [-0.3, -0.25) is 9.59 Å². The van der Waals surface area contributed by atoms with E-state index in [2.05, 4.69) is 10.3 Å². The van der Waals surface area contributed by atoms with E-state index in [4.69, 9.17) is 4.74 Å². The fraction of sp³-hybridized carbons (Fsp3) is 0.583. The first-order chi connectivity index (χ1) is 9.09. The number of morpholine rings is 1. The Hall–Kier alpha value is -1.89. The molecule has 1 saturated heterocycles. The lowest BCUT2D eigenvalue weighted by Gasteiger charge is -2.29. The van der Waals surface area contributed by atoms with Crippen LogP contribution in [0, 0.1) is 0 Å². The zero-order valence-electron chi connectivity index (χ0n) is 11.1. The summed E-state index contributed by atoms with van der Waals surface area (Å²) in [6.45, 7) is 4.02. The quantitative estimate of drug-likeness (QED) is 0.793. The van der Waals surface area contributed by atoms with Gasteiger partial charge < -0.3 is 19.5 Å². The van der Waals surface area contributed by atoms with Crippen LogP contribution in [0.2, 0.25) is 0 Å². The Balaban J connectivity index is 2.03. The van der Waals surface area contributed by atoms with Crippen LogP contribution in [0.3, 0.4) is 0 Å². The lowest BCUT2D eigenvalue weighted by Crippen LogP contribution is -2.47. The second-order valence-corrected chi connectivity index (χ2v) is 4.50. The van der Waals surface area contributed by atoms with E-state index in [9.17, 15) is 9.59 Å². The highest BCUT2D eigenvalue weighted by atomic mass is 16.5. The topological polar surface area (TPSA) is 76.5 Å². The van der Waals surface area contributed by atoms with E-state index < -0.39 is 6.04 Å². The number of nitrogens with zero attached hydrogens (tertiary/aromatic N) is 3. The summed E-state index contributed by atoms with van der Waals surface area (Å²) in [7, 11) is 1.64. The fourth-order valence-corrected chi connectivity index (χ4v) is 1.92. The maximum Gasteiger partial charge on any atom is 0.293 e. The number of rotatable bonds is 3. The molecule has 0 spiro atoms. The maximum absolute atomic E-state index is 12.2. The second-order valence-electron chi connectivity index (χ2n) is 4.50. The van der Waals surface area contributed by atoms with Crippen molar-refractivity contribution in [1.29, 1.82) is 0 Å². The minimum atomic E-state index is -0.485. The summed E-state index contributed by atoms with van der Waals surface area (Å²) in [5.74, 6) is 0.148. The fourth-order valence-electron chi connectivity index (χ4n) is 1.92. The van der Waals surface area contributed by atoms with E-state index in [1.54, 1.807) is 25.1 Å². The first-order valence-corrected chi connectivity index (χ1v) is 6.24. The monoisotopic (exact) mass is 266 g/mol. The number of carbonyl (C=O) groups is 1. The Bertz CT molecular complexity index is 508. The molecule has 1 aliphatic heterocycles. The highest BCUT2D eigenvalue weighted by molar-refractivity contribution is 5.84.